The molecule has 2 N–H and O–H groups in total. The molecule has 29 heavy (non-hydrogen) atoms. The van der Waals surface area contributed by atoms with E-state index in [9.17, 15) is 10.2 Å². The Balaban J connectivity index is 0.000000516. The average molecular weight is 562 g/mol. The van der Waals surface area contributed by atoms with Gasteiger partial charge in [0, 0.05) is 11.1 Å². The van der Waals surface area contributed by atoms with Gasteiger partial charge in [-0.15, -0.1) is 13.2 Å². The molecule has 0 radical (unpaired) electrons. The normalized spacial score (nSPS) is 29.7. The SMILES string of the molecule is C=CCOCC=C.OC1(Cl)C(Cl)=C/C(=C2/C=C(Cl)C(O)(Cl)C(Cl)=C2Cl)C(Cl)=C1Cl. The van der Waals surface area contributed by atoms with Gasteiger partial charge in [0.05, 0.1) is 43.4 Å². The van der Waals surface area contributed by atoms with Crippen molar-refractivity contribution in [2.24, 2.45) is 0 Å². The second-order valence-corrected chi connectivity index (χ2v) is 8.85. The van der Waals surface area contributed by atoms with Crippen molar-refractivity contribution in [3.63, 3.8) is 0 Å². The Morgan fingerprint density at radius 2 is 1.07 bits per heavy atom. The number of halogens is 8. The van der Waals surface area contributed by atoms with Gasteiger partial charge >= 0.3 is 0 Å². The van der Waals surface area contributed by atoms with Crippen LogP contribution >= 0.6 is 92.8 Å². The highest BCUT2D eigenvalue weighted by Gasteiger charge is 2.42. The Morgan fingerprint density at radius 1 is 0.759 bits per heavy atom. The molecule has 0 aromatic rings. The Bertz CT molecular complexity index is 779. The van der Waals surface area contributed by atoms with Gasteiger partial charge in [0.25, 0.3) is 0 Å². The first-order valence-electron chi connectivity index (χ1n) is 7.57. The van der Waals surface area contributed by atoms with E-state index in [0.29, 0.717) is 13.2 Å². The van der Waals surface area contributed by atoms with Crippen molar-refractivity contribution in [3.8, 4) is 0 Å². The lowest BCUT2D eigenvalue weighted by molar-refractivity contribution is 0.194. The molecule has 0 fully saturated rings. The predicted molar refractivity (Wildman–Crippen MR) is 125 cm³/mol. The summed E-state index contributed by atoms with van der Waals surface area (Å²) in [5.41, 5.74) is 0.408. The summed E-state index contributed by atoms with van der Waals surface area (Å²) < 4.78 is 4.90. The quantitative estimate of drug-likeness (QED) is 0.217. The van der Waals surface area contributed by atoms with Gasteiger partial charge in [-0.2, -0.15) is 0 Å². The van der Waals surface area contributed by atoms with Crippen LogP contribution in [0.4, 0.5) is 0 Å². The van der Waals surface area contributed by atoms with Gasteiger partial charge in [-0.05, 0) is 12.2 Å². The summed E-state index contributed by atoms with van der Waals surface area (Å²) in [6, 6.07) is 0. The van der Waals surface area contributed by atoms with Crippen molar-refractivity contribution in [2.75, 3.05) is 13.2 Å². The Morgan fingerprint density at radius 3 is 1.34 bits per heavy atom. The smallest absolute Gasteiger partial charge is 0.213 e. The molecule has 0 bridgehead atoms. The van der Waals surface area contributed by atoms with Gasteiger partial charge < -0.3 is 14.9 Å². The van der Waals surface area contributed by atoms with E-state index in [0.717, 1.165) is 0 Å². The maximum Gasteiger partial charge on any atom is 0.213 e. The average Bonchev–Trinajstić information content (AvgIpc) is 2.66. The molecule has 0 aromatic carbocycles. The lowest BCUT2D eigenvalue weighted by Crippen LogP contribution is -2.27. The van der Waals surface area contributed by atoms with Crippen LogP contribution in [0.3, 0.4) is 0 Å². The Kier molecular flexibility index (Phi) is 10.7. The summed E-state index contributed by atoms with van der Waals surface area (Å²) in [5.74, 6) is 0. The van der Waals surface area contributed by atoms with Crippen molar-refractivity contribution in [3.05, 3.63) is 78.8 Å². The van der Waals surface area contributed by atoms with Crippen LogP contribution in [0.1, 0.15) is 0 Å². The van der Waals surface area contributed by atoms with Crippen LogP contribution < -0.4 is 0 Å². The van der Waals surface area contributed by atoms with E-state index in [2.05, 4.69) is 13.2 Å². The molecule has 0 aliphatic heterocycles. The molecule has 160 valence electrons. The van der Waals surface area contributed by atoms with E-state index in [4.69, 9.17) is 97.5 Å². The van der Waals surface area contributed by atoms with Crippen LogP contribution in [-0.2, 0) is 4.74 Å². The molecule has 3 nitrogen and oxygen atoms in total. The highest BCUT2D eigenvalue weighted by atomic mass is 35.5. The number of alkyl halides is 2. The molecule has 2 atom stereocenters. The van der Waals surface area contributed by atoms with E-state index in [-0.39, 0.29) is 41.3 Å². The second-order valence-electron chi connectivity index (χ2n) is 5.43. The molecule has 0 aromatic heterocycles. The molecule has 0 spiro atoms. The summed E-state index contributed by atoms with van der Waals surface area (Å²) in [6.45, 7) is 8.18. The van der Waals surface area contributed by atoms with E-state index < -0.39 is 10.1 Å². The van der Waals surface area contributed by atoms with Gasteiger partial charge in [0.15, 0.2) is 0 Å². The van der Waals surface area contributed by atoms with Crippen molar-refractivity contribution in [2.45, 2.75) is 10.1 Å². The van der Waals surface area contributed by atoms with Crippen molar-refractivity contribution >= 4 is 92.8 Å². The minimum atomic E-state index is -2.14. The molecule has 11 heteroatoms. The van der Waals surface area contributed by atoms with E-state index >= 15 is 0 Å². The van der Waals surface area contributed by atoms with E-state index in [1.165, 1.54) is 12.2 Å². The zero-order valence-electron chi connectivity index (χ0n) is 14.5. The van der Waals surface area contributed by atoms with Crippen LogP contribution in [0, 0.1) is 0 Å². The minimum absolute atomic E-state index is 0.109. The zero-order chi connectivity index (χ0) is 22.6. The molecule has 0 heterocycles. The number of aliphatic hydroxyl groups is 2. The van der Waals surface area contributed by atoms with Gasteiger partial charge in [-0.3, -0.25) is 0 Å². The maximum atomic E-state index is 9.95. The highest BCUT2D eigenvalue weighted by Crippen LogP contribution is 2.50. The summed E-state index contributed by atoms with van der Waals surface area (Å²) in [5, 5.41) is 14.3. The fraction of sp³-hybridized carbons (Fsp3) is 0.222. The van der Waals surface area contributed by atoms with Gasteiger partial charge in [-0.25, -0.2) is 0 Å². The van der Waals surface area contributed by atoms with Crippen molar-refractivity contribution < 1.29 is 14.9 Å². The molecule has 0 saturated heterocycles. The fourth-order valence-electron chi connectivity index (χ4n) is 1.94. The van der Waals surface area contributed by atoms with Crippen LogP contribution in [0.25, 0.3) is 0 Å². The molecule has 2 rings (SSSR count). The number of hydrogen-bond donors (Lipinski definition) is 2. The van der Waals surface area contributed by atoms with Crippen LogP contribution in [0.5, 0.6) is 0 Å². The third kappa shape index (κ3) is 6.21. The van der Waals surface area contributed by atoms with Crippen LogP contribution in [-0.4, -0.2) is 33.5 Å². The minimum Gasteiger partial charge on any atom is -0.373 e. The molecule has 0 saturated carbocycles. The van der Waals surface area contributed by atoms with Gasteiger partial charge in [0.1, 0.15) is 0 Å². The molecular weight excluding hydrogens is 548 g/mol. The number of allylic oxidation sites excluding steroid dienone is 6. The standard InChI is InChI=1S/C12H4Cl8O2.C6H10O/c13-5-1-3(7(15)9(17)11(5,19)21)4-2-6(14)12(20,22)10(18)8(4)16;1-3-5-7-6-4-2/h1-2,21-22H;3-4H,1-2,5-6H2/b4-3+;. The van der Waals surface area contributed by atoms with Crippen LogP contribution in [0.2, 0.25) is 0 Å². The summed E-state index contributed by atoms with van der Waals surface area (Å²) in [6.07, 6.45) is 5.93. The third-order valence-corrected chi connectivity index (χ3v) is 7.22. The maximum absolute atomic E-state index is 9.95. The first-order chi connectivity index (χ1) is 13.3. The van der Waals surface area contributed by atoms with Crippen LogP contribution in [0.15, 0.2) is 78.8 Å². The summed E-state index contributed by atoms with van der Waals surface area (Å²) in [7, 11) is 0. The molecule has 2 aliphatic rings. The summed E-state index contributed by atoms with van der Waals surface area (Å²) >= 11 is 47.5. The monoisotopic (exact) mass is 558 g/mol. The predicted octanol–water partition coefficient (Wildman–Crippen LogP) is 7.16. The third-order valence-electron chi connectivity index (χ3n) is 3.38. The number of ether oxygens (including phenoxy) is 1. The first kappa shape index (κ1) is 27.4. The number of rotatable bonds is 4. The zero-order valence-corrected chi connectivity index (χ0v) is 20.5. The molecule has 2 unspecified atom stereocenters. The lowest BCUT2D eigenvalue weighted by Gasteiger charge is -2.29. The van der Waals surface area contributed by atoms with Gasteiger partial charge in [-0.1, -0.05) is 105 Å². The molecule has 0 amide bonds. The first-order valence-corrected chi connectivity index (χ1v) is 10.6. The second kappa shape index (κ2) is 11.3. The number of hydrogen-bond acceptors (Lipinski definition) is 3. The Labute approximate surface area is 208 Å². The highest BCUT2D eigenvalue weighted by molar-refractivity contribution is 6.52. The summed E-state index contributed by atoms with van der Waals surface area (Å²) in [4.78, 5) is 0. The van der Waals surface area contributed by atoms with E-state index in [1.807, 2.05) is 0 Å². The van der Waals surface area contributed by atoms with Crippen molar-refractivity contribution in [1.29, 1.82) is 0 Å². The molecular formula is C18H14Cl8O3. The fourth-order valence-corrected chi connectivity index (χ4v) is 3.83. The topological polar surface area (TPSA) is 49.7 Å². The van der Waals surface area contributed by atoms with Gasteiger partial charge in [0.2, 0.25) is 10.1 Å². The Hall–Kier alpha value is 0.380. The largest absolute Gasteiger partial charge is 0.373 e. The van der Waals surface area contributed by atoms with Crippen molar-refractivity contribution in [1.82, 2.24) is 0 Å². The molecule has 2 aliphatic carbocycles. The van der Waals surface area contributed by atoms with E-state index in [1.54, 1.807) is 12.2 Å². The lowest BCUT2D eigenvalue weighted by atomic mass is 9.96.